The zero-order chi connectivity index (χ0) is 21.2. The Morgan fingerprint density at radius 1 is 1.10 bits per heavy atom. The lowest BCUT2D eigenvalue weighted by Gasteiger charge is -2.23. The molecule has 0 atom stereocenters. The molecular weight excluding hydrogens is 382 g/mol. The van der Waals surface area contributed by atoms with E-state index >= 15 is 0 Å². The van der Waals surface area contributed by atoms with Crippen molar-refractivity contribution >= 4 is 28.5 Å². The Morgan fingerprint density at radius 3 is 2.41 bits per heavy atom. The number of ether oxygens (including phenoxy) is 1. The average molecular weight is 412 g/mol. The number of hydrogen-bond acceptors (Lipinski definition) is 2. The van der Waals surface area contributed by atoms with Crippen LogP contribution in [0, 0.1) is 5.41 Å². The maximum atomic E-state index is 12.5. The SMILES string of the molecule is CCOC(=O)C(C)(C)Cc1cc2cc(C(C)C)ccc2n1Cc1ccc(Cl)cc1. The fraction of sp³-hybridized carbons (Fsp3) is 0.400. The lowest BCUT2D eigenvalue weighted by molar-refractivity contribution is -0.153. The summed E-state index contributed by atoms with van der Waals surface area (Å²) in [5, 5.41) is 1.94. The Kier molecular flexibility index (Phi) is 6.38. The maximum Gasteiger partial charge on any atom is 0.311 e. The van der Waals surface area contributed by atoms with Gasteiger partial charge < -0.3 is 9.30 Å². The van der Waals surface area contributed by atoms with Crippen LogP contribution in [0.15, 0.2) is 48.5 Å². The Labute approximate surface area is 178 Å². The molecule has 3 rings (SSSR count). The van der Waals surface area contributed by atoms with E-state index in [0.29, 0.717) is 18.9 Å². The summed E-state index contributed by atoms with van der Waals surface area (Å²) in [7, 11) is 0. The first-order chi connectivity index (χ1) is 13.7. The van der Waals surface area contributed by atoms with Gasteiger partial charge in [-0.15, -0.1) is 0 Å². The normalized spacial score (nSPS) is 12.0. The van der Waals surface area contributed by atoms with Crippen molar-refractivity contribution in [1.29, 1.82) is 0 Å². The molecule has 0 fully saturated rings. The quantitative estimate of drug-likeness (QED) is 0.410. The number of aromatic nitrogens is 1. The first-order valence-corrected chi connectivity index (χ1v) is 10.6. The monoisotopic (exact) mass is 411 g/mol. The van der Waals surface area contributed by atoms with Crippen LogP contribution >= 0.6 is 11.6 Å². The van der Waals surface area contributed by atoms with Crippen LogP contribution in [0.5, 0.6) is 0 Å². The summed E-state index contributed by atoms with van der Waals surface area (Å²) in [6, 6.07) is 16.8. The molecule has 0 aliphatic heterocycles. The van der Waals surface area contributed by atoms with Crippen molar-refractivity contribution in [2.45, 2.75) is 53.5 Å². The smallest absolute Gasteiger partial charge is 0.311 e. The van der Waals surface area contributed by atoms with Gasteiger partial charge in [-0.2, -0.15) is 0 Å². The van der Waals surface area contributed by atoms with Gasteiger partial charge in [-0.1, -0.05) is 43.6 Å². The van der Waals surface area contributed by atoms with Crippen LogP contribution in [-0.2, 0) is 22.5 Å². The second-order valence-corrected chi connectivity index (χ2v) is 9.04. The summed E-state index contributed by atoms with van der Waals surface area (Å²) < 4.78 is 7.62. The minimum absolute atomic E-state index is 0.161. The lowest BCUT2D eigenvalue weighted by Crippen LogP contribution is -2.30. The summed E-state index contributed by atoms with van der Waals surface area (Å²) in [6.07, 6.45) is 0.616. The van der Waals surface area contributed by atoms with Crippen molar-refractivity contribution < 1.29 is 9.53 Å². The van der Waals surface area contributed by atoms with Gasteiger partial charge in [-0.25, -0.2) is 0 Å². The molecule has 154 valence electrons. The minimum atomic E-state index is -0.594. The van der Waals surface area contributed by atoms with Crippen LogP contribution in [0.25, 0.3) is 10.9 Å². The summed E-state index contributed by atoms with van der Waals surface area (Å²) in [4.78, 5) is 12.5. The number of carbonyl (C=O) groups is 1. The fourth-order valence-electron chi connectivity index (χ4n) is 3.66. The van der Waals surface area contributed by atoms with Crippen LogP contribution < -0.4 is 0 Å². The molecule has 0 aliphatic carbocycles. The standard InChI is InChI=1S/C25H30ClNO2/c1-6-29-24(28)25(4,5)15-22-14-20-13-19(17(2)3)9-12-23(20)27(22)16-18-7-10-21(26)11-8-18/h7-14,17H,6,15-16H2,1-5H3. The highest BCUT2D eigenvalue weighted by Gasteiger charge is 2.31. The maximum absolute atomic E-state index is 12.5. The number of rotatable bonds is 7. The molecule has 1 heterocycles. The molecule has 0 bridgehead atoms. The molecule has 0 spiro atoms. The van der Waals surface area contributed by atoms with E-state index < -0.39 is 5.41 Å². The fourth-order valence-corrected chi connectivity index (χ4v) is 3.79. The summed E-state index contributed by atoms with van der Waals surface area (Å²) in [6.45, 7) is 11.3. The van der Waals surface area contributed by atoms with Gasteiger partial charge >= 0.3 is 5.97 Å². The lowest BCUT2D eigenvalue weighted by atomic mass is 9.87. The van der Waals surface area contributed by atoms with E-state index in [1.807, 2.05) is 32.9 Å². The van der Waals surface area contributed by atoms with Gasteiger partial charge in [0.2, 0.25) is 0 Å². The third kappa shape index (κ3) is 4.84. The van der Waals surface area contributed by atoms with Crippen LogP contribution in [0.4, 0.5) is 0 Å². The number of halogens is 1. The van der Waals surface area contributed by atoms with Crippen molar-refractivity contribution in [3.05, 3.63) is 70.4 Å². The molecule has 0 saturated carbocycles. The highest BCUT2D eigenvalue weighted by Crippen LogP contribution is 2.31. The van der Waals surface area contributed by atoms with E-state index in [1.165, 1.54) is 22.0 Å². The van der Waals surface area contributed by atoms with E-state index in [0.717, 1.165) is 17.3 Å². The van der Waals surface area contributed by atoms with E-state index in [4.69, 9.17) is 16.3 Å². The van der Waals surface area contributed by atoms with Gasteiger partial charge in [0.25, 0.3) is 0 Å². The Bertz CT molecular complexity index is 1000. The number of fused-ring (bicyclic) bond motifs is 1. The predicted molar refractivity (Wildman–Crippen MR) is 121 cm³/mol. The largest absolute Gasteiger partial charge is 0.466 e. The van der Waals surface area contributed by atoms with Gasteiger partial charge in [0.1, 0.15) is 0 Å². The van der Waals surface area contributed by atoms with Gasteiger partial charge in [-0.05, 0) is 68.1 Å². The molecule has 3 aromatic rings. The number of esters is 1. The van der Waals surface area contributed by atoms with E-state index in [1.54, 1.807) is 0 Å². The highest BCUT2D eigenvalue weighted by molar-refractivity contribution is 6.30. The molecule has 4 heteroatoms. The summed E-state index contributed by atoms with van der Waals surface area (Å²) in [5.74, 6) is 0.310. The van der Waals surface area contributed by atoms with Gasteiger partial charge in [0.15, 0.2) is 0 Å². The van der Waals surface area contributed by atoms with Gasteiger partial charge in [-0.3, -0.25) is 4.79 Å². The van der Waals surface area contributed by atoms with Crippen molar-refractivity contribution in [2.75, 3.05) is 6.61 Å². The number of benzene rings is 2. The second-order valence-electron chi connectivity index (χ2n) is 8.60. The van der Waals surface area contributed by atoms with Crippen molar-refractivity contribution in [3.8, 4) is 0 Å². The first kappa shape index (κ1) is 21.4. The van der Waals surface area contributed by atoms with Gasteiger partial charge in [0, 0.05) is 34.6 Å². The molecule has 0 saturated heterocycles. The molecule has 0 radical (unpaired) electrons. The van der Waals surface area contributed by atoms with Crippen LogP contribution in [0.2, 0.25) is 5.02 Å². The number of carbonyl (C=O) groups excluding carboxylic acids is 1. The Hall–Kier alpha value is -2.26. The zero-order valence-electron chi connectivity index (χ0n) is 18.0. The molecular formula is C25H30ClNO2. The van der Waals surface area contributed by atoms with Gasteiger partial charge in [0.05, 0.1) is 12.0 Å². The molecule has 0 unspecified atom stereocenters. The predicted octanol–water partition coefficient (Wildman–Crippen LogP) is 6.60. The van der Waals surface area contributed by atoms with E-state index in [-0.39, 0.29) is 5.97 Å². The van der Waals surface area contributed by atoms with Crippen LogP contribution in [0.3, 0.4) is 0 Å². The first-order valence-electron chi connectivity index (χ1n) is 10.2. The van der Waals surface area contributed by atoms with Crippen LogP contribution in [0.1, 0.15) is 57.4 Å². The topological polar surface area (TPSA) is 31.2 Å². The zero-order valence-corrected chi connectivity index (χ0v) is 18.7. The molecule has 29 heavy (non-hydrogen) atoms. The molecule has 1 aromatic heterocycles. The third-order valence-corrected chi connectivity index (χ3v) is 5.63. The molecule has 3 nitrogen and oxygen atoms in total. The second kappa shape index (κ2) is 8.62. The molecule has 2 aromatic carbocycles. The third-order valence-electron chi connectivity index (χ3n) is 5.38. The molecule has 0 aliphatic rings. The highest BCUT2D eigenvalue weighted by atomic mass is 35.5. The molecule has 0 N–H and O–H groups in total. The van der Waals surface area contributed by atoms with E-state index in [9.17, 15) is 4.79 Å². The minimum Gasteiger partial charge on any atom is -0.466 e. The van der Waals surface area contributed by atoms with Crippen molar-refractivity contribution in [2.24, 2.45) is 5.41 Å². The number of hydrogen-bond donors (Lipinski definition) is 0. The van der Waals surface area contributed by atoms with Crippen molar-refractivity contribution in [3.63, 3.8) is 0 Å². The Morgan fingerprint density at radius 2 is 1.79 bits per heavy atom. The molecule has 0 amide bonds. The summed E-state index contributed by atoms with van der Waals surface area (Å²) in [5.41, 5.74) is 4.21. The summed E-state index contributed by atoms with van der Waals surface area (Å²) >= 11 is 6.06. The Balaban J connectivity index is 2.05. The average Bonchev–Trinajstić information content (AvgIpc) is 2.99. The van der Waals surface area contributed by atoms with E-state index in [2.05, 4.69) is 54.8 Å². The number of nitrogens with zero attached hydrogens (tertiary/aromatic N) is 1. The van der Waals surface area contributed by atoms with Crippen molar-refractivity contribution in [1.82, 2.24) is 4.57 Å². The van der Waals surface area contributed by atoms with Crippen LogP contribution in [-0.4, -0.2) is 17.1 Å².